The fourth-order valence-corrected chi connectivity index (χ4v) is 5.66. The summed E-state index contributed by atoms with van der Waals surface area (Å²) in [5, 5.41) is 27.9. The van der Waals surface area contributed by atoms with E-state index in [1.165, 1.54) is 95.6 Å². The Morgan fingerprint density at radius 1 is 0.682 bits per heavy atom. The second kappa shape index (κ2) is 26.6. The zero-order valence-corrected chi connectivity index (χ0v) is 28.9. The Bertz CT molecular complexity index is 920. The van der Waals surface area contributed by atoms with Crippen molar-refractivity contribution in [2.45, 2.75) is 121 Å². The lowest BCUT2D eigenvalue weighted by molar-refractivity contribution is -0.909. The third kappa shape index (κ3) is 22.9. The number of hydrogen-bond donors (Lipinski definition) is 4. The zero-order valence-electron chi connectivity index (χ0n) is 28.1. The van der Waals surface area contributed by atoms with Crippen molar-refractivity contribution >= 4 is 16.0 Å². The highest BCUT2D eigenvalue weighted by Crippen LogP contribution is 2.14. The molecule has 0 bridgehead atoms. The van der Waals surface area contributed by atoms with E-state index in [1.54, 1.807) is 17.0 Å². The molecule has 1 amide bonds. The minimum atomic E-state index is -4.02. The van der Waals surface area contributed by atoms with Gasteiger partial charge in [0.2, 0.25) is 5.91 Å². The fourth-order valence-electron chi connectivity index (χ4n) is 5.18. The lowest BCUT2D eigenvalue weighted by atomic mass is 10.0. The average Bonchev–Trinajstić information content (AvgIpc) is 2.97. The standard InChI is InChI=1S/C27H57N2O4.C7H8O3S/c1-3-4-5-6-7-8-9-10-11-12-13-14-15-16-17-18-27(33)28(20-24-30)19-21-29(2,22-25-31)23-26-32;1-6-2-4-7(5-3-6)11(8,9)10/h30-32H,3-26H2,1-2H3;2-5H,1H3,(H,8,9,10)/q+1;. The van der Waals surface area contributed by atoms with Gasteiger partial charge in [-0.2, -0.15) is 8.42 Å². The molecule has 0 fully saturated rings. The van der Waals surface area contributed by atoms with Crippen molar-refractivity contribution in [3.8, 4) is 0 Å². The van der Waals surface area contributed by atoms with Crippen LogP contribution in [0.15, 0.2) is 29.2 Å². The molecule has 1 rings (SSSR count). The SMILES string of the molecule is CCCCCCCCCCCCCCCCCC(=O)N(CCO)CC[N+](C)(CCO)CCO.Cc1ccc(S(=O)(=O)O)cc1. The molecule has 0 saturated heterocycles. The van der Waals surface area contributed by atoms with Gasteiger partial charge in [-0.25, -0.2) is 0 Å². The highest BCUT2D eigenvalue weighted by Gasteiger charge is 2.23. The molecule has 0 unspecified atom stereocenters. The summed E-state index contributed by atoms with van der Waals surface area (Å²) in [5.41, 5.74) is 0.956. The van der Waals surface area contributed by atoms with E-state index in [2.05, 4.69) is 6.92 Å². The van der Waals surface area contributed by atoms with Crippen LogP contribution in [0, 0.1) is 6.92 Å². The van der Waals surface area contributed by atoms with Crippen LogP contribution in [0.3, 0.4) is 0 Å². The van der Waals surface area contributed by atoms with E-state index < -0.39 is 10.1 Å². The van der Waals surface area contributed by atoms with E-state index in [-0.39, 0.29) is 30.6 Å². The first kappa shape index (κ1) is 42.4. The van der Waals surface area contributed by atoms with Gasteiger partial charge in [-0.05, 0) is 25.5 Å². The van der Waals surface area contributed by atoms with Crippen LogP contribution in [0.2, 0.25) is 0 Å². The van der Waals surface area contributed by atoms with E-state index in [4.69, 9.17) is 4.55 Å². The van der Waals surface area contributed by atoms with E-state index in [0.717, 1.165) is 18.4 Å². The van der Waals surface area contributed by atoms with Gasteiger partial charge in [0.05, 0.1) is 44.9 Å². The maximum atomic E-state index is 12.6. The van der Waals surface area contributed by atoms with Gasteiger partial charge in [-0.1, -0.05) is 115 Å². The minimum Gasteiger partial charge on any atom is -0.395 e. The summed E-state index contributed by atoms with van der Waals surface area (Å²) in [6.07, 6.45) is 20.2. The number of benzene rings is 1. The molecule has 0 aliphatic rings. The number of rotatable bonds is 26. The minimum absolute atomic E-state index is 0.0334. The summed E-state index contributed by atoms with van der Waals surface area (Å²) in [5.74, 6) is 0.110. The molecule has 0 aliphatic heterocycles. The van der Waals surface area contributed by atoms with Gasteiger partial charge in [0.15, 0.2) is 0 Å². The first-order valence-electron chi connectivity index (χ1n) is 17.0. The molecule has 1 aromatic carbocycles. The number of quaternary nitrogens is 1. The molecule has 0 saturated carbocycles. The van der Waals surface area contributed by atoms with Crippen LogP contribution in [0.4, 0.5) is 0 Å². The number of amides is 1. The van der Waals surface area contributed by atoms with E-state index in [1.807, 2.05) is 14.0 Å². The lowest BCUT2D eigenvalue weighted by Crippen LogP contribution is -2.52. The van der Waals surface area contributed by atoms with Crippen LogP contribution >= 0.6 is 0 Å². The molecule has 44 heavy (non-hydrogen) atoms. The molecule has 0 heterocycles. The fraction of sp³-hybridized carbons (Fsp3) is 0.794. The summed E-state index contributed by atoms with van der Waals surface area (Å²) in [7, 11) is -2.03. The number of aliphatic hydroxyl groups is 3. The van der Waals surface area contributed by atoms with Gasteiger partial charge < -0.3 is 24.7 Å². The van der Waals surface area contributed by atoms with E-state index in [9.17, 15) is 28.5 Å². The Balaban J connectivity index is 0.00000139. The second-order valence-electron chi connectivity index (χ2n) is 12.3. The number of nitrogens with zero attached hydrogens (tertiary/aromatic N) is 2. The van der Waals surface area contributed by atoms with Crippen molar-refractivity contribution in [2.24, 2.45) is 0 Å². The molecule has 4 N–H and O–H groups in total. The number of carbonyl (C=O) groups is 1. The van der Waals surface area contributed by atoms with Crippen molar-refractivity contribution in [3.63, 3.8) is 0 Å². The van der Waals surface area contributed by atoms with E-state index in [0.29, 0.717) is 43.6 Å². The number of unbranched alkanes of at least 4 members (excludes halogenated alkanes) is 14. The van der Waals surface area contributed by atoms with Crippen molar-refractivity contribution in [1.82, 2.24) is 4.90 Å². The Hall–Kier alpha value is -1.56. The summed E-state index contributed by atoms with van der Waals surface area (Å²) < 4.78 is 30.1. The third-order valence-electron chi connectivity index (χ3n) is 8.23. The maximum Gasteiger partial charge on any atom is 0.294 e. The van der Waals surface area contributed by atoms with Gasteiger partial charge in [-0.15, -0.1) is 0 Å². The van der Waals surface area contributed by atoms with Crippen LogP contribution in [-0.2, 0) is 14.9 Å². The van der Waals surface area contributed by atoms with Crippen molar-refractivity contribution < 1.29 is 37.6 Å². The first-order valence-corrected chi connectivity index (χ1v) is 18.4. The van der Waals surface area contributed by atoms with Crippen molar-refractivity contribution in [1.29, 1.82) is 0 Å². The maximum absolute atomic E-state index is 12.6. The van der Waals surface area contributed by atoms with Crippen LogP contribution < -0.4 is 0 Å². The molecule has 0 atom stereocenters. The lowest BCUT2D eigenvalue weighted by Gasteiger charge is -2.35. The predicted molar refractivity (Wildman–Crippen MR) is 179 cm³/mol. The summed E-state index contributed by atoms with van der Waals surface area (Å²) in [6.45, 7) is 6.89. The number of carbonyl (C=O) groups excluding carboxylic acids is 1. The molecule has 258 valence electrons. The quantitative estimate of drug-likeness (QED) is 0.0573. The second-order valence-corrected chi connectivity index (χ2v) is 13.8. The molecule has 0 radical (unpaired) electrons. The van der Waals surface area contributed by atoms with Crippen molar-refractivity contribution in [3.05, 3.63) is 29.8 Å². The highest BCUT2D eigenvalue weighted by atomic mass is 32.2. The van der Waals surface area contributed by atoms with Crippen LogP contribution in [0.25, 0.3) is 0 Å². The Kier molecular flexibility index (Phi) is 25.7. The van der Waals surface area contributed by atoms with Gasteiger partial charge in [-0.3, -0.25) is 9.35 Å². The summed E-state index contributed by atoms with van der Waals surface area (Å²) in [6, 6.07) is 5.99. The van der Waals surface area contributed by atoms with Crippen LogP contribution in [0.1, 0.15) is 115 Å². The predicted octanol–water partition coefficient (Wildman–Crippen LogP) is 5.74. The number of likely N-dealkylation sites (N-methyl/N-ethyl adjacent to an activating group) is 1. The largest absolute Gasteiger partial charge is 0.395 e. The topological polar surface area (TPSA) is 135 Å². The van der Waals surface area contributed by atoms with Gasteiger partial charge in [0.25, 0.3) is 10.1 Å². The average molecular weight is 646 g/mol. The third-order valence-corrected chi connectivity index (χ3v) is 9.09. The number of aryl methyl sites for hydroxylation is 1. The highest BCUT2D eigenvalue weighted by molar-refractivity contribution is 7.85. The smallest absolute Gasteiger partial charge is 0.294 e. The van der Waals surface area contributed by atoms with Gasteiger partial charge >= 0.3 is 0 Å². The van der Waals surface area contributed by atoms with Gasteiger partial charge in [0.1, 0.15) is 13.1 Å². The zero-order chi connectivity index (χ0) is 33.1. The number of aliphatic hydroxyl groups excluding tert-OH is 3. The summed E-state index contributed by atoms with van der Waals surface area (Å²) in [4.78, 5) is 14.3. The van der Waals surface area contributed by atoms with Crippen molar-refractivity contribution in [2.75, 3.05) is 59.6 Å². The normalized spacial score (nSPS) is 11.7. The Morgan fingerprint density at radius 2 is 1.11 bits per heavy atom. The van der Waals surface area contributed by atoms with E-state index >= 15 is 0 Å². The monoisotopic (exact) mass is 645 g/mol. The van der Waals surface area contributed by atoms with Crippen LogP contribution in [0.5, 0.6) is 0 Å². The number of hydrogen-bond acceptors (Lipinski definition) is 6. The molecule has 9 nitrogen and oxygen atoms in total. The molecular formula is C34H65N2O7S+. The Labute approximate surface area is 269 Å². The molecular weight excluding hydrogens is 580 g/mol. The molecule has 0 aliphatic carbocycles. The molecule has 10 heteroatoms. The Morgan fingerprint density at radius 3 is 1.50 bits per heavy atom. The first-order chi connectivity index (χ1) is 21.0. The van der Waals surface area contributed by atoms with Crippen LogP contribution in [-0.4, -0.2) is 103 Å². The summed E-state index contributed by atoms with van der Waals surface area (Å²) >= 11 is 0. The van der Waals surface area contributed by atoms with Gasteiger partial charge in [0, 0.05) is 13.0 Å². The molecule has 0 spiro atoms. The molecule has 1 aromatic rings. The molecule has 0 aromatic heterocycles.